The average molecular weight is 396 g/mol. The first-order valence-electron chi connectivity index (χ1n) is 10.4. The molecule has 1 saturated heterocycles. The molecule has 7 nitrogen and oxygen atoms in total. The maximum absolute atomic E-state index is 12.6. The molecule has 0 atom stereocenters. The van der Waals surface area contributed by atoms with Crippen LogP contribution in [0.1, 0.15) is 36.0 Å². The van der Waals surface area contributed by atoms with E-state index in [0.717, 1.165) is 44.5 Å². The molecule has 0 spiro atoms. The first kappa shape index (κ1) is 19.5. The van der Waals surface area contributed by atoms with E-state index in [4.69, 9.17) is 4.74 Å². The summed E-state index contributed by atoms with van der Waals surface area (Å²) in [6, 6.07) is 7.35. The van der Waals surface area contributed by atoms with Gasteiger partial charge in [0.15, 0.2) is 0 Å². The first-order valence-corrected chi connectivity index (χ1v) is 10.4. The zero-order valence-corrected chi connectivity index (χ0v) is 16.9. The topological polar surface area (TPSA) is 67.7 Å². The highest BCUT2D eigenvalue weighted by Gasteiger charge is 2.35. The normalized spacial score (nSPS) is 17.2. The molecule has 4 rings (SSSR count). The van der Waals surface area contributed by atoms with Gasteiger partial charge in [-0.15, -0.1) is 0 Å². The van der Waals surface area contributed by atoms with Crippen molar-refractivity contribution in [1.82, 2.24) is 19.4 Å². The Kier molecular flexibility index (Phi) is 5.83. The number of hydrogen-bond acceptors (Lipinski definition) is 4. The number of rotatable bonds is 7. The van der Waals surface area contributed by atoms with Crippen molar-refractivity contribution in [2.75, 3.05) is 26.7 Å². The zero-order chi connectivity index (χ0) is 20.2. The molecule has 1 aromatic heterocycles. The Morgan fingerprint density at radius 2 is 1.86 bits per heavy atom. The Morgan fingerprint density at radius 3 is 2.48 bits per heavy atom. The fraction of sp³-hybridized carbons (Fsp3) is 0.500. The van der Waals surface area contributed by atoms with Crippen molar-refractivity contribution in [1.29, 1.82) is 0 Å². The number of hydrogen-bond donors (Lipinski definition) is 0. The average Bonchev–Trinajstić information content (AvgIpc) is 3.47. The third-order valence-corrected chi connectivity index (χ3v) is 5.68. The summed E-state index contributed by atoms with van der Waals surface area (Å²) in [7, 11) is 1.81. The van der Waals surface area contributed by atoms with Crippen LogP contribution in [0.25, 0.3) is 0 Å². The zero-order valence-electron chi connectivity index (χ0n) is 16.9. The molecule has 1 aliphatic heterocycles. The molecular formula is C22H28N4O3. The molecule has 1 aromatic carbocycles. The van der Waals surface area contributed by atoms with Crippen molar-refractivity contribution < 1.29 is 14.3 Å². The van der Waals surface area contributed by atoms with E-state index in [2.05, 4.69) is 4.98 Å². The number of benzene rings is 1. The van der Waals surface area contributed by atoms with Crippen LogP contribution < -0.4 is 4.74 Å². The molecule has 2 amide bonds. The van der Waals surface area contributed by atoms with Crippen LogP contribution in [0, 0.1) is 5.92 Å². The predicted molar refractivity (Wildman–Crippen MR) is 109 cm³/mol. The van der Waals surface area contributed by atoms with Crippen LogP contribution in [0.5, 0.6) is 5.75 Å². The van der Waals surface area contributed by atoms with Crippen LogP contribution in [0.3, 0.4) is 0 Å². The lowest BCUT2D eigenvalue weighted by molar-refractivity contribution is -0.134. The number of carbonyl (C=O) groups is 2. The molecule has 2 heterocycles. The van der Waals surface area contributed by atoms with Gasteiger partial charge in [-0.1, -0.05) is 0 Å². The highest BCUT2D eigenvalue weighted by atomic mass is 16.5. The summed E-state index contributed by atoms with van der Waals surface area (Å²) in [6.07, 6.45) is 9.31. The molecule has 2 aromatic rings. The Labute approximate surface area is 171 Å². The van der Waals surface area contributed by atoms with Gasteiger partial charge in [-0.05, 0) is 37.1 Å². The van der Waals surface area contributed by atoms with E-state index >= 15 is 0 Å². The Bertz CT molecular complexity index is 822. The van der Waals surface area contributed by atoms with Crippen molar-refractivity contribution in [3.05, 3.63) is 48.5 Å². The van der Waals surface area contributed by atoms with Crippen LogP contribution in [0.2, 0.25) is 0 Å². The lowest BCUT2D eigenvalue weighted by Gasteiger charge is -2.32. The molecule has 1 aliphatic carbocycles. The maximum atomic E-state index is 12.6. The second-order valence-corrected chi connectivity index (χ2v) is 7.97. The van der Waals surface area contributed by atoms with E-state index in [1.807, 2.05) is 39.9 Å². The van der Waals surface area contributed by atoms with Gasteiger partial charge in [-0.3, -0.25) is 9.59 Å². The number of likely N-dealkylation sites (tertiary alicyclic amines) is 1. The minimum Gasteiger partial charge on any atom is -0.490 e. The summed E-state index contributed by atoms with van der Waals surface area (Å²) in [4.78, 5) is 32.4. The molecule has 2 aliphatic rings. The summed E-state index contributed by atoms with van der Waals surface area (Å²) in [6.45, 7) is 2.88. The van der Waals surface area contributed by atoms with Crippen molar-refractivity contribution in [2.45, 2.75) is 38.3 Å². The number of aromatic nitrogens is 2. The second kappa shape index (κ2) is 8.68. The quantitative estimate of drug-likeness (QED) is 0.721. The molecule has 2 fully saturated rings. The van der Waals surface area contributed by atoms with E-state index in [1.165, 1.54) is 0 Å². The van der Waals surface area contributed by atoms with Gasteiger partial charge >= 0.3 is 0 Å². The minimum atomic E-state index is -0.0106. The summed E-state index contributed by atoms with van der Waals surface area (Å²) in [5, 5.41) is 0. The fourth-order valence-corrected chi connectivity index (χ4v) is 3.66. The van der Waals surface area contributed by atoms with Gasteiger partial charge in [0, 0.05) is 69.9 Å². The van der Waals surface area contributed by atoms with Crippen LogP contribution in [-0.4, -0.2) is 64.0 Å². The Morgan fingerprint density at radius 1 is 1.14 bits per heavy atom. The van der Waals surface area contributed by atoms with E-state index in [0.29, 0.717) is 24.6 Å². The predicted octanol–water partition coefficient (Wildman–Crippen LogP) is 2.44. The summed E-state index contributed by atoms with van der Waals surface area (Å²) >= 11 is 0. The standard InChI is InChI=1S/C22H28N4O3/c1-24(14-15-25-13-10-23-16-25)21(27)17-4-6-19(7-5-17)29-20-8-11-26(12-9-20)22(28)18-2-3-18/h4-7,10,13,16,18,20H,2-3,8-9,11-12,14-15H2,1H3. The number of piperidine rings is 1. The van der Waals surface area contributed by atoms with Crippen molar-refractivity contribution in [3.8, 4) is 5.75 Å². The lowest BCUT2D eigenvalue weighted by atomic mass is 10.1. The van der Waals surface area contributed by atoms with Gasteiger partial charge in [0.05, 0.1) is 6.33 Å². The fourth-order valence-electron chi connectivity index (χ4n) is 3.66. The second-order valence-electron chi connectivity index (χ2n) is 7.97. The van der Waals surface area contributed by atoms with Crippen LogP contribution in [-0.2, 0) is 11.3 Å². The van der Waals surface area contributed by atoms with Gasteiger partial charge in [0.1, 0.15) is 11.9 Å². The number of nitrogens with zero attached hydrogens (tertiary/aromatic N) is 4. The van der Waals surface area contributed by atoms with Gasteiger partial charge in [0.2, 0.25) is 5.91 Å². The van der Waals surface area contributed by atoms with Gasteiger partial charge in [0.25, 0.3) is 5.91 Å². The van der Waals surface area contributed by atoms with Gasteiger partial charge < -0.3 is 19.1 Å². The molecule has 0 bridgehead atoms. The molecule has 154 valence electrons. The number of amides is 2. The molecular weight excluding hydrogens is 368 g/mol. The Balaban J connectivity index is 1.24. The highest BCUT2D eigenvalue weighted by Crippen LogP contribution is 2.32. The smallest absolute Gasteiger partial charge is 0.253 e. The van der Waals surface area contributed by atoms with E-state index in [9.17, 15) is 9.59 Å². The Hall–Kier alpha value is -2.83. The monoisotopic (exact) mass is 396 g/mol. The van der Waals surface area contributed by atoms with E-state index < -0.39 is 0 Å². The summed E-state index contributed by atoms with van der Waals surface area (Å²) < 4.78 is 8.03. The minimum absolute atomic E-state index is 0.0106. The lowest BCUT2D eigenvalue weighted by Crippen LogP contribution is -2.42. The van der Waals surface area contributed by atoms with E-state index in [1.54, 1.807) is 24.5 Å². The molecule has 0 unspecified atom stereocenters. The molecule has 1 saturated carbocycles. The van der Waals surface area contributed by atoms with E-state index in [-0.39, 0.29) is 17.9 Å². The molecule has 29 heavy (non-hydrogen) atoms. The third kappa shape index (κ3) is 4.96. The summed E-state index contributed by atoms with van der Waals surface area (Å²) in [5.41, 5.74) is 0.648. The number of likely N-dealkylation sites (N-methyl/N-ethyl adjacent to an activating group) is 1. The number of ether oxygens (including phenoxy) is 1. The van der Waals surface area contributed by atoms with Crippen molar-refractivity contribution >= 4 is 11.8 Å². The molecule has 7 heteroatoms. The largest absolute Gasteiger partial charge is 0.490 e. The van der Waals surface area contributed by atoms with Crippen molar-refractivity contribution in [3.63, 3.8) is 0 Å². The maximum Gasteiger partial charge on any atom is 0.253 e. The number of imidazole rings is 1. The highest BCUT2D eigenvalue weighted by molar-refractivity contribution is 5.94. The number of carbonyl (C=O) groups excluding carboxylic acids is 2. The third-order valence-electron chi connectivity index (χ3n) is 5.68. The van der Waals surface area contributed by atoms with Gasteiger partial charge in [-0.2, -0.15) is 0 Å². The van der Waals surface area contributed by atoms with Crippen LogP contribution in [0.15, 0.2) is 43.0 Å². The molecule has 0 N–H and O–H groups in total. The SMILES string of the molecule is CN(CCn1ccnc1)C(=O)c1ccc(OC2CCN(C(=O)C3CC3)CC2)cc1. The van der Waals surface area contributed by atoms with Gasteiger partial charge in [-0.25, -0.2) is 4.98 Å². The summed E-state index contributed by atoms with van der Waals surface area (Å²) in [5.74, 6) is 1.37. The van der Waals surface area contributed by atoms with Crippen LogP contribution in [0.4, 0.5) is 0 Å². The first-order chi connectivity index (χ1) is 14.1. The molecule has 0 radical (unpaired) electrons. The van der Waals surface area contributed by atoms with Crippen molar-refractivity contribution in [2.24, 2.45) is 5.92 Å². The van der Waals surface area contributed by atoms with Crippen LogP contribution >= 0.6 is 0 Å².